The molecule has 0 atom stereocenters. The zero-order valence-corrected chi connectivity index (χ0v) is 12.6. The maximum atomic E-state index is 11.9. The Labute approximate surface area is 131 Å². The van der Waals surface area contributed by atoms with E-state index < -0.39 is 0 Å². The van der Waals surface area contributed by atoms with E-state index in [1.54, 1.807) is 17.0 Å². The fourth-order valence-corrected chi connectivity index (χ4v) is 2.82. The molecule has 0 aromatic carbocycles. The molecule has 1 fully saturated rings. The van der Waals surface area contributed by atoms with Gasteiger partial charge >= 0.3 is 0 Å². The van der Waals surface area contributed by atoms with E-state index in [1.165, 1.54) is 11.3 Å². The summed E-state index contributed by atoms with van der Waals surface area (Å²) in [4.78, 5) is 27.0. The second-order valence-electron chi connectivity index (χ2n) is 4.84. The van der Waals surface area contributed by atoms with E-state index in [1.807, 2.05) is 17.5 Å². The summed E-state index contributed by atoms with van der Waals surface area (Å²) in [5, 5.41) is 12.8. The van der Waals surface area contributed by atoms with Crippen molar-refractivity contribution in [1.29, 1.82) is 0 Å². The van der Waals surface area contributed by atoms with Gasteiger partial charge in [0.25, 0.3) is 5.91 Å². The normalized spacial score (nSPS) is 14.7. The number of nitrogens with one attached hydrogen (secondary N) is 1. The van der Waals surface area contributed by atoms with Crippen molar-refractivity contribution in [2.45, 2.75) is 0 Å². The third kappa shape index (κ3) is 3.22. The fourth-order valence-electron chi connectivity index (χ4n) is 2.20. The number of piperazine rings is 1. The Bertz CT molecular complexity index is 636. The Balaban J connectivity index is 1.61. The second kappa shape index (κ2) is 6.52. The van der Waals surface area contributed by atoms with Crippen LogP contribution >= 0.6 is 11.3 Å². The van der Waals surface area contributed by atoms with Gasteiger partial charge in [-0.3, -0.25) is 9.59 Å². The lowest BCUT2D eigenvalue weighted by atomic mass is 10.3. The molecule has 1 aliphatic heterocycles. The number of rotatable bonds is 4. The van der Waals surface area contributed by atoms with E-state index in [2.05, 4.69) is 20.4 Å². The van der Waals surface area contributed by atoms with Crippen molar-refractivity contribution >= 4 is 35.3 Å². The zero-order valence-electron chi connectivity index (χ0n) is 11.8. The van der Waals surface area contributed by atoms with Gasteiger partial charge in [0.2, 0.25) is 6.41 Å². The average Bonchev–Trinajstić information content (AvgIpc) is 3.10. The number of anilines is 2. The Kier molecular flexibility index (Phi) is 4.29. The van der Waals surface area contributed by atoms with Crippen LogP contribution < -0.4 is 10.2 Å². The van der Waals surface area contributed by atoms with Crippen LogP contribution in [0.1, 0.15) is 9.67 Å². The van der Waals surface area contributed by atoms with Crippen LogP contribution in [0.15, 0.2) is 29.6 Å². The molecule has 0 unspecified atom stereocenters. The molecule has 1 saturated heterocycles. The van der Waals surface area contributed by atoms with Crippen LogP contribution in [-0.4, -0.2) is 53.6 Å². The standard InChI is InChI=1S/C14H15N5O2S/c20-10-18-5-7-19(8-6-18)13-4-3-12(16-17-13)15-14(21)11-2-1-9-22-11/h1-4,9-10H,5-8H2,(H,15,16,21). The van der Waals surface area contributed by atoms with Crippen LogP contribution in [0.25, 0.3) is 0 Å². The van der Waals surface area contributed by atoms with Gasteiger partial charge in [-0.2, -0.15) is 0 Å². The van der Waals surface area contributed by atoms with E-state index in [-0.39, 0.29) is 5.91 Å². The van der Waals surface area contributed by atoms with E-state index in [4.69, 9.17) is 0 Å². The summed E-state index contributed by atoms with van der Waals surface area (Å²) in [7, 11) is 0. The minimum absolute atomic E-state index is 0.184. The summed E-state index contributed by atoms with van der Waals surface area (Å²) >= 11 is 1.38. The SMILES string of the molecule is O=CN1CCN(c2ccc(NC(=O)c3cccs3)nn2)CC1. The monoisotopic (exact) mass is 317 g/mol. The first-order chi connectivity index (χ1) is 10.8. The van der Waals surface area contributed by atoms with Crippen molar-refractivity contribution < 1.29 is 9.59 Å². The molecule has 7 nitrogen and oxygen atoms in total. The maximum absolute atomic E-state index is 11.9. The van der Waals surface area contributed by atoms with E-state index >= 15 is 0 Å². The minimum atomic E-state index is -0.184. The van der Waals surface area contributed by atoms with Gasteiger partial charge in [0, 0.05) is 26.2 Å². The van der Waals surface area contributed by atoms with Gasteiger partial charge in [0.05, 0.1) is 4.88 Å². The minimum Gasteiger partial charge on any atom is -0.352 e. The topological polar surface area (TPSA) is 78.4 Å². The molecule has 3 heterocycles. The molecule has 2 amide bonds. The Morgan fingerprint density at radius 1 is 1.18 bits per heavy atom. The van der Waals surface area contributed by atoms with Crippen molar-refractivity contribution in [1.82, 2.24) is 15.1 Å². The first-order valence-corrected chi connectivity index (χ1v) is 7.77. The van der Waals surface area contributed by atoms with Crippen LogP contribution in [0.3, 0.4) is 0 Å². The lowest BCUT2D eigenvalue weighted by Gasteiger charge is -2.32. The second-order valence-corrected chi connectivity index (χ2v) is 5.78. The van der Waals surface area contributed by atoms with Crippen LogP contribution in [0.5, 0.6) is 0 Å². The number of nitrogens with zero attached hydrogens (tertiary/aromatic N) is 4. The number of amides is 2. The number of carbonyl (C=O) groups excluding carboxylic acids is 2. The van der Waals surface area contributed by atoms with Crippen molar-refractivity contribution in [2.24, 2.45) is 0 Å². The molecule has 2 aromatic rings. The molecule has 22 heavy (non-hydrogen) atoms. The van der Waals surface area contributed by atoms with E-state index in [0.29, 0.717) is 23.8 Å². The van der Waals surface area contributed by atoms with Crippen molar-refractivity contribution in [3.63, 3.8) is 0 Å². The van der Waals surface area contributed by atoms with Gasteiger partial charge in [-0.1, -0.05) is 6.07 Å². The largest absolute Gasteiger partial charge is 0.352 e. The molecule has 0 saturated carbocycles. The predicted molar refractivity (Wildman–Crippen MR) is 84.2 cm³/mol. The number of carbonyl (C=O) groups is 2. The maximum Gasteiger partial charge on any atom is 0.266 e. The summed E-state index contributed by atoms with van der Waals surface area (Å²) in [5.41, 5.74) is 0. The molecule has 0 aliphatic carbocycles. The molecule has 0 spiro atoms. The highest BCUT2D eigenvalue weighted by atomic mass is 32.1. The quantitative estimate of drug-likeness (QED) is 0.853. The highest BCUT2D eigenvalue weighted by molar-refractivity contribution is 7.12. The number of thiophene rings is 1. The molecule has 1 aliphatic rings. The van der Waals surface area contributed by atoms with Crippen LogP contribution in [0.2, 0.25) is 0 Å². The summed E-state index contributed by atoms with van der Waals surface area (Å²) in [5.74, 6) is 0.991. The predicted octanol–water partition coefficient (Wildman–Crippen LogP) is 1.07. The molecular weight excluding hydrogens is 302 g/mol. The van der Waals surface area contributed by atoms with Gasteiger partial charge in [-0.15, -0.1) is 21.5 Å². The van der Waals surface area contributed by atoms with E-state index in [9.17, 15) is 9.59 Å². The summed E-state index contributed by atoms with van der Waals surface area (Å²) < 4.78 is 0. The Morgan fingerprint density at radius 2 is 2.00 bits per heavy atom. The average molecular weight is 317 g/mol. The van der Waals surface area contributed by atoms with Gasteiger partial charge in [0.15, 0.2) is 11.6 Å². The lowest BCUT2D eigenvalue weighted by Crippen LogP contribution is -2.46. The molecular formula is C14H15N5O2S. The smallest absolute Gasteiger partial charge is 0.266 e. The van der Waals surface area contributed by atoms with Gasteiger partial charge in [-0.25, -0.2) is 0 Å². The van der Waals surface area contributed by atoms with Gasteiger partial charge < -0.3 is 15.1 Å². The van der Waals surface area contributed by atoms with Crippen LogP contribution in [0.4, 0.5) is 11.6 Å². The first-order valence-electron chi connectivity index (χ1n) is 6.89. The molecule has 8 heteroatoms. The Morgan fingerprint density at radius 3 is 2.59 bits per heavy atom. The Hall–Kier alpha value is -2.48. The highest BCUT2D eigenvalue weighted by Crippen LogP contribution is 2.15. The van der Waals surface area contributed by atoms with Gasteiger partial charge in [-0.05, 0) is 23.6 Å². The summed E-state index contributed by atoms with van der Waals surface area (Å²) in [6, 6.07) is 7.15. The number of aromatic nitrogens is 2. The third-order valence-corrected chi connectivity index (χ3v) is 4.29. The number of hydrogen-bond acceptors (Lipinski definition) is 6. The van der Waals surface area contributed by atoms with Gasteiger partial charge in [0.1, 0.15) is 0 Å². The number of hydrogen-bond donors (Lipinski definition) is 1. The summed E-state index contributed by atoms with van der Waals surface area (Å²) in [6.07, 6.45) is 0.867. The molecule has 2 aromatic heterocycles. The van der Waals surface area contributed by atoms with Crippen molar-refractivity contribution in [3.8, 4) is 0 Å². The third-order valence-electron chi connectivity index (χ3n) is 3.42. The lowest BCUT2D eigenvalue weighted by molar-refractivity contribution is -0.118. The molecule has 1 N–H and O–H groups in total. The van der Waals surface area contributed by atoms with Crippen LogP contribution in [0, 0.1) is 0 Å². The summed E-state index contributed by atoms with van der Waals surface area (Å²) in [6.45, 7) is 2.83. The first kappa shape index (κ1) is 14.5. The van der Waals surface area contributed by atoms with Crippen molar-refractivity contribution in [3.05, 3.63) is 34.5 Å². The molecule has 0 bridgehead atoms. The zero-order chi connectivity index (χ0) is 15.4. The molecule has 0 radical (unpaired) electrons. The highest BCUT2D eigenvalue weighted by Gasteiger charge is 2.17. The van der Waals surface area contributed by atoms with Crippen molar-refractivity contribution in [2.75, 3.05) is 36.4 Å². The van der Waals surface area contributed by atoms with Crippen LogP contribution in [-0.2, 0) is 4.79 Å². The molecule has 114 valence electrons. The van der Waals surface area contributed by atoms with E-state index in [0.717, 1.165) is 25.3 Å². The molecule has 3 rings (SSSR count). The fraction of sp³-hybridized carbons (Fsp3) is 0.286.